The minimum Gasteiger partial charge on any atom is -0.480 e. The van der Waals surface area contributed by atoms with Crippen molar-refractivity contribution in [3.8, 4) is 0 Å². The van der Waals surface area contributed by atoms with Crippen molar-refractivity contribution < 1.29 is 29.7 Å². The molecule has 2 atom stereocenters. The van der Waals surface area contributed by atoms with Gasteiger partial charge in [0.25, 0.3) is 0 Å². The molecule has 0 fully saturated rings. The largest absolute Gasteiger partial charge is 0.480 e. The third-order valence-corrected chi connectivity index (χ3v) is 3.86. The molecule has 0 radical (unpaired) electrons. The molecule has 0 aliphatic rings. The molecular weight excluding hydrogens is 298 g/mol. The molecule has 0 aromatic heterocycles. The fraction of sp³-hybridized carbons (Fsp3) is 0.625. The summed E-state index contributed by atoms with van der Waals surface area (Å²) in [6.45, 7) is -0.278. The zero-order chi connectivity index (χ0) is 15.4. The highest BCUT2D eigenvalue weighted by Crippen LogP contribution is 2.22. The summed E-state index contributed by atoms with van der Waals surface area (Å²) in [4.78, 5) is 29.8. The second-order valence-electron chi connectivity index (χ2n) is 3.06. The van der Waals surface area contributed by atoms with Crippen LogP contribution in [0.1, 0.15) is 0 Å². The Labute approximate surface area is 117 Å². The van der Waals surface area contributed by atoms with E-state index in [1.807, 2.05) is 0 Å². The van der Waals surface area contributed by atoms with Crippen LogP contribution < -0.4 is 17.2 Å². The lowest BCUT2D eigenvalue weighted by molar-refractivity contribution is -0.138. The summed E-state index contributed by atoms with van der Waals surface area (Å²) in [5.74, 6) is -2.65. The van der Waals surface area contributed by atoms with Gasteiger partial charge in [-0.3, -0.25) is 14.4 Å². The van der Waals surface area contributed by atoms with Crippen molar-refractivity contribution in [1.29, 1.82) is 0 Å². The molecule has 112 valence electrons. The van der Waals surface area contributed by atoms with Crippen molar-refractivity contribution in [1.82, 2.24) is 0 Å². The van der Waals surface area contributed by atoms with Gasteiger partial charge in [-0.25, -0.2) is 0 Å². The van der Waals surface area contributed by atoms with Gasteiger partial charge < -0.3 is 32.5 Å². The lowest BCUT2D eigenvalue weighted by Crippen LogP contribution is -2.33. The molecule has 0 rings (SSSR count). The Bertz CT molecular complexity index is 282. The third-order valence-electron chi connectivity index (χ3n) is 1.39. The zero-order valence-electron chi connectivity index (χ0n) is 9.89. The Morgan fingerprint density at radius 2 is 1.16 bits per heavy atom. The van der Waals surface area contributed by atoms with Crippen molar-refractivity contribution >= 4 is 39.5 Å². The van der Waals surface area contributed by atoms with Crippen molar-refractivity contribution in [2.24, 2.45) is 17.2 Å². The number of carboxylic acids is 3. The van der Waals surface area contributed by atoms with E-state index in [4.69, 9.17) is 26.8 Å². The lowest BCUT2D eigenvalue weighted by atomic mass is 10.4. The van der Waals surface area contributed by atoms with Gasteiger partial charge in [-0.15, -0.1) is 0 Å². The van der Waals surface area contributed by atoms with Crippen LogP contribution in [0.4, 0.5) is 0 Å². The quantitative estimate of drug-likeness (QED) is 0.219. The van der Waals surface area contributed by atoms with Crippen molar-refractivity contribution in [2.45, 2.75) is 12.1 Å². The number of carbonyl (C=O) groups is 3. The molecule has 9 N–H and O–H groups in total. The molecule has 0 amide bonds. The molecule has 0 aromatic rings. The summed E-state index contributed by atoms with van der Waals surface area (Å²) in [5.41, 5.74) is 15.0. The van der Waals surface area contributed by atoms with E-state index in [0.717, 1.165) is 0 Å². The van der Waals surface area contributed by atoms with Crippen LogP contribution in [-0.4, -0.2) is 63.4 Å². The van der Waals surface area contributed by atoms with Gasteiger partial charge in [0.15, 0.2) is 0 Å². The Morgan fingerprint density at radius 1 is 0.895 bits per heavy atom. The first-order chi connectivity index (χ1) is 8.72. The molecule has 1 unspecified atom stereocenters. The summed E-state index contributed by atoms with van der Waals surface area (Å²) >= 11 is 0. The van der Waals surface area contributed by atoms with Crippen LogP contribution in [0.25, 0.3) is 0 Å². The first-order valence-corrected chi connectivity index (χ1v) is 7.34. The zero-order valence-corrected chi connectivity index (χ0v) is 11.5. The van der Waals surface area contributed by atoms with Crippen molar-refractivity contribution in [3.05, 3.63) is 0 Å². The molecule has 0 aliphatic heterocycles. The van der Waals surface area contributed by atoms with Crippen LogP contribution >= 0.6 is 21.6 Å². The van der Waals surface area contributed by atoms with Gasteiger partial charge >= 0.3 is 17.9 Å². The standard InChI is InChI=1S/C6H12N2O4S2.C2H5NO2/c7-3(5(9)10)1-13-14-2-4(8)6(11)12;3-1-2(4)5/h3-4H,1-2,7-8H2,(H,9,10)(H,11,12);1,3H2,(H,4,5)/t3-,4?;/m0./s1. The average molecular weight is 315 g/mol. The minimum atomic E-state index is -1.07. The topological polar surface area (TPSA) is 190 Å². The van der Waals surface area contributed by atoms with E-state index in [-0.39, 0.29) is 18.1 Å². The van der Waals surface area contributed by atoms with E-state index < -0.39 is 30.0 Å². The van der Waals surface area contributed by atoms with E-state index in [0.29, 0.717) is 0 Å². The summed E-state index contributed by atoms with van der Waals surface area (Å²) in [6.07, 6.45) is 0. The fourth-order valence-corrected chi connectivity index (χ4v) is 2.61. The molecule has 0 saturated carbocycles. The third kappa shape index (κ3) is 14.9. The SMILES string of the molecule is NC(CSSC[C@H](N)C(=O)O)C(=O)O.NCC(=O)O. The number of rotatable bonds is 8. The number of nitrogens with two attached hydrogens (primary N) is 3. The maximum absolute atomic E-state index is 10.3. The van der Waals surface area contributed by atoms with Gasteiger partial charge in [-0.1, -0.05) is 21.6 Å². The summed E-state index contributed by atoms with van der Waals surface area (Å²) in [6, 6.07) is -1.85. The van der Waals surface area contributed by atoms with Crippen LogP contribution in [-0.2, 0) is 14.4 Å². The smallest absolute Gasteiger partial charge is 0.321 e. The number of aliphatic carboxylic acids is 3. The Balaban J connectivity index is 0. The maximum atomic E-state index is 10.3. The molecule has 0 saturated heterocycles. The predicted octanol–water partition coefficient (Wildman–Crippen LogP) is -1.78. The van der Waals surface area contributed by atoms with Gasteiger partial charge in [0.05, 0.1) is 6.54 Å². The van der Waals surface area contributed by atoms with Gasteiger partial charge in [0.2, 0.25) is 0 Å². The van der Waals surface area contributed by atoms with Crippen LogP contribution in [0.5, 0.6) is 0 Å². The molecule has 0 spiro atoms. The number of hydrogen-bond donors (Lipinski definition) is 6. The highest BCUT2D eigenvalue weighted by molar-refractivity contribution is 8.76. The number of hydrogen-bond acceptors (Lipinski definition) is 8. The highest BCUT2D eigenvalue weighted by atomic mass is 33.1. The molecule has 0 aromatic carbocycles. The monoisotopic (exact) mass is 315 g/mol. The fourth-order valence-electron chi connectivity index (χ4n) is 0.385. The maximum Gasteiger partial charge on any atom is 0.321 e. The van der Waals surface area contributed by atoms with Crippen molar-refractivity contribution in [2.75, 3.05) is 18.1 Å². The summed E-state index contributed by atoms with van der Waals surface area (Å²) in [5, 5.41) is 24.4. The Hall–Kier alpha value is -1.01. The summed E-state index contributed by atoms with van der Waals surface area (Å²) in [7, 11) is 2.41. The predicted molar refractivity (Wildman–Crippen MR) is 72.8 cm³/mol. The highest BCUT2D eigenvalue weighted by Gasteiger charge is 2.14. The molecule has 19 heavy (non-hydrogen) atoms. The van der Waals surface area contributed by atoms with Crippen LogP contribution in [0.15, 0.2) is 0 Å². The molecule has 0 heterocycles. The molecule has 0 bridgehead atoms. The van der Waals surface area contributed by atoms with E-state index in [9.17, 15) is 14.4 Å². The van der Waals surface area contributed by atoms with Gasteiger partial charge in [-0.05, 0) is 0 Å². The van der Waals surface area contributed by atoms with Gasteiger partial charge in [0, 0.05) is 11.5 Å². The minimum absolute atomic E-state index is 0.229. The van der Waals surface area contributed by atoms with Gasteiger partial charge in [0.1, 0.15) is 12.1 Å². The molecular formula is C8H17N3O6S2. The number of carboxylic acid groups (broad SMARTS) is 3. The summed E-state index contributed by atoms with van der Waals surface area (Å²) < 4.78 is 0. The van der Waals surface area contributed by atoms with Crippen molar-refractivity contribution in [3.63, 3.8) is 0 Å². The molecule has 11 heteroatoms. The first kappa shape index (κ1) is 20.3. The average Bonchev–Trinajstić information content (AvgIpc) is 2.34. The Morgan fingerprint density at radius 3 is 1.32 bits per heavy atom. The van der Waals surface area contributed by atoms with Gasteiger partial charge in [-0.2, -0.15) is 0 Å². The van der Waals surface area contributed by atoms with E-state index in [1.165, 1.54) is 21.6 Å². The van der Waals surface area contributed by atoms with E-state index in [1.54, 1.807) is 0 Å². The lowest BCUT2D eigenvalue weighted by Gasteiger charge is -2.07. The Kier molecular flexibility index (Phi) is 12.9. The molecule has 0 aliphatic carbocycles. The second-order valence-corrected chi connectivity index (χ2v) is 5.61. The molecule has 9 nitrogen and oxygen atoms in total. The van der Waals surface area contributed by atoms with E-state index in [2.05, 4.69) is 5.73 Å². The van der Waals surface area contributed by atoms with E-state index >= 15 is 0 Å². The normalized spacial score (nSPS) is 12.8. The second kappa shape index (κ2) is 12.0. The first-order valence-electron chi connectivity index (χ1n) is 4.85. The van der Waals surface area contributed by atoms with Crippen LogP contribution in [0.3, 0.4) is 0 Å². The van der Waals surface area contributed by atoms with Crippen LogP contribution in [0, 0.1) is 0 Å². The van der Waals surface area contributed by atoms with Crippen LogP contribution in [0.2, 0.25) is 0 Å².